The lowest BCUT2D eigenvalue weighted by molar-refractivity contribution is -0.118. The third-order valence-electron chi connectivity index (χ3n) is 4.15. The second-order valence-electron chi connectivity index (χ2n) is 6.28. The van der Waals surface area contributed by atoms with Crippen molar-refractivity contribution < 1.29 is 19.0 Å². The minimum atomic E-state index is -0.304. The maximum absolute atomic E-state index is 12.9. The lowest BCUT2D eigenvalue weighted by Gasteiger charge is -2.22. The number of ether oxygens (including phenoxy) is 3. The van der Waals surface area contributed by atoms with E-state index in [4.69, 9.17) is 14.2 Å². The average Bonchev–Trinajstić information content (AvgIpc) is 2.63. The van der Waals surface area contributed by atoms with Gasteiger partial charge in [0.15, 0.2) is 11.5 Å². The molecular formula is C21H27NO4. The van der Waals surface area contributed by atoms with Crippen LogP contribution in [0.5, 0.6) is 17.2 Å². The summed E-state index contributed by atoms with van der Waals surface area (Å²) in [6.45, 7) is 6.60. The summed E-state index contributed by atoms with van der Waals surface area (Å²) < 4.78 is 16.1. The summed E-state index contributed by atoms with van der Waals surface area (Å²) in [6.07, 6.45) is 0. The van der Waals surface area contributed by atoms with Crippen molar-refractivity contribution in [2.24, 2.45) is 5.92 Å². The molecule has 1 amide bonds. The highest BCUT2D eigenvalue weighted by molar-refractivity contribution is 5.96. The zero-order valence-electron chi connectivity index (χ0n) is 16.0. The van der Waals surface area contributed by atoms with Crippen molar-refractivity contribution in [1.29, 1.82) is 0 Å². The van der Waals surface area contributed by atoms with Crippen molar-refractivity contribution in [1.82, 2.24) is 0 Å². The summed E-state index contributed by atoms with van der Waals surface area (Å²) in [7, 11) is 3.18. The van der Waals surface area contributed by atoms with Gasteiger partial charge in [-0.25, -0.2) is 0 Å². The number of hydrogen-bond donors (Lipinski definition) is 1. The Morgan fingerprint density at radius 2 is 1.65 bits per heavy atom. The molecule has 0 saturated carbocycles. The molecule has 1 unspecified atom stereocenters. The second kappa shape index (κ2) is 9.13. The summed E-state index contributed by atoms with van der Waals surface area (Å²) >= 11 is 0. The predicted molar refractivity (Wildman–Crippen MR) is 103 cm³/mol. The Hall–Kier alpha value is -2.69. The maximum atomic E-state index is 12.9. The lowest BCUT2D eigenvalue weighted by Crippen LogP contribution is -2.25. The third kappa shape index (κ3) is 4.69. The van der Waals surface area contributed by atoms with Gasteiger partial charge in [-0.1, -0.05) is 19.9 Å². The van der Waals surface area contributed by atoms with Gasteiger partial charge in [-0.05, 0) is 54.8 Å². The summed E-state index contributed by atoms with van der Waals surface area (Å²) in [4.78, 5) is 12.9. The maximum Gasteiger partial charge on any atom is 0.232 e. The molecule has 5 heteroatoms. The van der Waals surface area contributed by atoms with E-state index < -0.39 is 0 Å². The molecule has 0 fully saturated rings. The Kier molecular flexibility index (Phi) is 6.89. The first-order chi connectivity index (χ1) is 12.5. The topological polar surface area (TPSA) is 56.8 Å². The lowest BCUT2D eigenvalue weighted by atomic mass is 9.87. The molecule has 2 rings (SSSR count). The molecule has 0 aliphatic rings. The Bertz CT molecular complexity index is 725. The second-order valence-corrected chi connectivity index (χ2v) is 6.28. The number of anilines is 1. The first kappa shape index (κ1) is 19.6. The van der Waals surface area contributed by atoms with Crippen LogP contribution in [0.2, 0.25) is 0 Å². The highest BCUT2D eigenvalue weighted by atomic mass is 16.5. The molecule has 0 bridgehead atoms. The van der Waals surface area contributed by atoms with Crippen molar-refractivity contribution >= 4 is 11.6 Å². The number of rotatable bonds is 8. The van der Waals surface area contributed by atoms with Crippen molar-refractivity contribution in [3.05, 3.63) is 48.0 Å². The zero-order chi connectivity index (χ0) is 19.1. The fourth-order valence-electron chi connectivity index (χ4n) is 2.91. The molecule has 0 spiro atoms. The largest absolute Gasteiger partial charge is 0.494 e. The molecule has 0 aromatic heterocycles. The first-order valence-corrected chi connectivity index (χ1v) is 8.75. The van der Waals surface area contributed by atoms with Crippen molar-refractivity contribution in [2.75, 3.05) is 26.1 Å². The van der Waals surface area contributed by atoms with E-state index in [0.29, 0.717) is 18.1 Å². The van der Waals surface area contributed by atoms with Crippen LogP contribution in [0, 0.1) is 5.92 Å². The number of carbonyl (C=O) groups excluding carboxylic acids is 1. The van der Waals surface area contributed by atoms with Crippen molar-refractivity contribution in [3.8, 4) is 17.2 Å². The summed E-state index contributed by atoms with van der Waals surface area (Å²) in [5.74, 6) is 1.80. The Balaban J connectivity index is 2.22. The summed E-state index contributed by atoms with van der Waals surface area (Å²) in [5, 5.41) is 2.99. The molecule has 1 N–H and O–H groups in total. The average molecular weight is 357 g/mol. The molecular weight excluding hydrogens is 330 g/mol. The van der Waals surface area contributed by atoms with Gasteiger partial charge in [0.2, 0.25) is 5.91 Å². The van der Waals surface area contributed by atoms with E-state index in [0.717, 1.165) is 17.0 Å². The number of benzene rings is 2. The Morgan fingerprint density at radius 3 is 2.19 bits per heavy atom. The predicted octanol–water partition coefficient (Wildman–Crippen LogP) is 4.48. The summed E-state index contributed by atoms with van der Waals surface area (Å²) in [6, 6.07) is 13.0. The molecule has 26 heavy (non-hydrogen) atoms. The fourth-order valence-corrected chi connectivity index (χ4v) is 2.91. The molecule has 5 nitrogen and oxygen atoms in total. The number of hydrogen-bond acceptors (Lipinski definition) is 4. The standard InChI is InChI=1S/C21H27NO4/c1-6-26-17-10-8-16(9-11-17)22-21(23)20(14(2)3)15-7-12-18(24-4)19(13-15)25-5/h7-14,20H,6H2,1-5H3,(H,22,23). The minimum Gasteiger partial charge on any atom is -0.494 e. The van der Waals surface area contributed by atoms with Crippen LogP contribution < -0.4 is 19.5 Å². The number of methoxy groups -OCH3 is 2. The van der Waals surface area contributed by atoms with E-state index in [2.05, 4.69) is 5.32 Å². The van der Waals surface area contributed by atoms with Crippen LogP contribution in [0.4, 0.5) is 5.69 Å². The van der Waals surface area contributed by atoms with Crippen LogP contribution in [-0.4, -0.2) is 26.7 Å². The molecule has 0 aliphatic carbocycles. The van der Waals surface area contributed by atoms with Crippen molar-refractivity contribution in [3.63, 3.8) is 0 Å². The van der Waals surface area contributed by atoms with Crippen LogP contribution in [0.15, 0.2) is 42.5 Å². The van der Waals surface area contributed by atoms with Gasteiger partial charge in [-0.15, -0.1) is 0 Å². The summed E-state index contributed by atoms with van der Waals surface area (Å²) in [5.41, 5.74) is 1.63. The van der Waals surface area contributed by atoms with Crippen LogP contribution in [0.1, 0.15) is 32.3 Å². The highest BCUT2D eigenvalue weighted by Crippen LogP contribution is 2.34. The quantitative estimate of drug-likeness (QED) is 0.757. The van der Waals surface area contributed by atoms with Gasteiger partial charge in [0.1, 0.15) is 5.75 Å². The zero-order valence-corrected chi connectivity index (χ0v) is 16.0. The molecule has 0 aliphatic heterocycles. The molecule has 0 heterocycles. The molecule has 140 valence electrons. The monoisotopic (exact) mass is 357 g/mol. The van der Waals surface area contributed by atoms with E-state index in [1.807, 2.05) is 63.2 Å². The molecule has 2 aromatic carbocycles. The van der Waals surface area contributed by atoms with E-state index in [9.17, 15) is 4.79 Å². The first-order valence-electron chi connectivity index (χ1n) is 8.75. The normalized spacial score (nSPS) is 11.8. The Labute approximate surface area is 155 Å². The van der Waals surface area contributed by atoms with E-state index >= 15 is 0 Å². The van der Waals surface area contributed by atoms with Gasteiger partial charge >= 0.3 is 0 Å². The van der Waals surface area contributed by atoms with E-state index in [1.165, 1.54) is 0 Å². The third-order valence-corrected chi connectivity index (χ3v) is 4.15. The van der Waals surface area contributed by atoms with Crippen LogP contribution >= 0.6 is 0 Å². The SMILES string of the molecule is CCOc1ccc(NC(=O)C(c2ccc(OC)c(OC)c2)C(C)C)cc1. The van der Waals surface area contributed by atoms with Crippen molar-refractivity contribution in [2.45, 2.75) is 26.7 Å². The van der Waals surface area contributed by atoms with Gasteiger partial charge in [0.05, 0.1) is 26.7 Å². The fraction of sp³-hybridized carbons (Fsp3) is 0.381. The van der Waals surface area contributed by atoms with Gasteiger partial charge < -0.3 is 19.5 Å². The van der Waals surface area contributed by atoms with Gasteiger partial charge in [-0.3, -0.25) is 4.79 Å². The van der Waals surface area contributed by atoms with Crippen LogP contribution in [0.25, 0.3) is 0 Å². The smallest absolute Gasteiger partial charge is 0.232 e. The van der Waals surface area contributed by atoms with Gasteiger partial charge in [0, 0.05) is 5.69 Å². The highest BCUT2D eigenvalue weighted by Gasteiger charge is 2.25. The number of amides is 1. The molecule has 1 atom stereocenters. The molecule has 2 aromatic rings. The van der Waals surface area contributed by atoms with Gasteiger partial charge in [0.25, 0.3) is 0 Å². The van der Waals surface area contributed by atoms with Gasteiger partial charge in [-0.2, -0.15) is 0 Å². The Morgan fingerprint density at radius 1 is 1.00 bits per heavy atom. The van der Waals surface area contributed by atoms with E-state index in [1.54, 1.807) is 14.2 Å². The number of nitrogens with one attached hydrogen (secondary N) is 1. The minimum absolute atomic E-state index is 0.0589. The molecule has 0 saturated heterocycles. The molecule has 0 radical (unpaired) electrons. The van der Waals surface area contributed by atoms with Crippen LogP contribution in [0.3, 0.4) is 0 Å². The van der Waals surface area contributed by atoms with Crippen LogP contribution in [-0.2, 0) is 4.79 Å². The number of carbonyl (C=O) groups is 1. The van der Waals surface area contributed by atoms with E-state index in [-0.39, 0.29) is 17.7 Å².